The highest BCUT2D eigenvalue weighted by atomic mass is 32.2. The van der Waals surface area contributed by atoms with E-state index in [0.717, 1.165) is 25.7 Å². The van der Waals surface area contributed by atoms with Gasteiger partial charge in [-0.1, -0.05) is 37.5 Å². The van der Waals surface area contributed by atoms with Gasteiger partial charge in [0.05, 0.1) is 4.90 Å². The fourth-order valence-electron chi connectivity index (χ4n) is 4.74. The van der Waals surface area contributed by atoms with Gasteiger partial charge in [-0.2, -0.15) is 4.31 Å². The lowest BCUT2D eigenvalue weighted by Gasteiger charge is -2.35. The van der Waals surface area contributed by atoms with Crippen molar-refractivity contribution >= 4 is 15.9 Å². The third-order valence-corrected chi connectivity index (χ3v) is 8.80. The number of rotatable bonds is 6. The average molecular weight is 474 g/mol. The third-order valence-electron chi connectivity index (χ3n) is 6.88. The molecule has 2 aromatic rings. The summed E-state index contributed by atoms with van der Waals surface area (Å²) in [4.78, 5) is 17.1. The monoisotopic (exact) mass is 473 g/mol. The van der Waals surface area contributed by atoms with Crippen LogP contribution in [0, 0.1) is 5.82 Å². The Morgan fingerprint density at radius 1 is 0.970 bits per heavy atom. The molecular formula is C25H32FN3O3S. The molecule has 4 rings (SSSR count). The minimum atomic E-state index is -3.58. The summed E-state index contributed by atoms with van der Waals surface area (Å²) in [5.74, 6) is -0.315. The van der Waals surface area contributed by atoms with Gasteiger partial charge in [-0.3, -0.25) is 9.69 Å². The number of halogens is 1. The van der Waals surface area contributed by atoms with Gasteiger partial charge in [0.1, 0.15) is 5.82 Å². The molecular weight excluding hydrogens is 441 g/mol. The van der Waals surface area contributed by atoms with Crippen molar-refractivity contribution in [2.75, 3.05) is 33.2 Å². The highest BCUT2D eigenvalue weighted by molar-refractivity contribution is 7.89. The summed E-state index contributed by atoms with van der Waals surface area (Å²) in [7, 11) is -1.92. The van der Waals surface area contributed by atoms with Gasteiger partial charge in [0.2, 0.25) is 10.0 Å². The van der Waals surface area contributed by atoms with Crippen LogP contribution in [-0.2, 0) is 16.6 Å². The third kappa shape index (κ3) is 5.45. The van der Waals surface area contributed by atoms with Gasteiger partial charge in [-0.15, -0.1) is 0 Å². The summed E-state index contributed by atoms with van der Waals surface area (Å²) in [6.45, 7) is 2.96. The van der Waals surface area contributed by atoms with E-state index in [-0.39, 0.29) is 22.7 Å². The summed E-state index contributed by atoms with van der Waals surface area (Å²) in [5.41, 5.74) is 1.14. The number of hydrogen-bond acceptors (Lipinski definition) is 4. The number of piperazine rings is 1. The van der Waals surface area contributed by atoms with Crippen LogP contribution in [0.2, 0.25) is 0 Å². The first kappa shape index (κ1) is 23.9. The highest BCUT2D eigenvalue weighted by Crippen LogP contribution is 2.26. The molecule has 6 nitrogen and oxygen atoms in total. The van der Waals surface area contributed by atoms with Gasteiger partial charge in [0.25, 0.3) is 5.91 Å². The minimum Gasteiger partial charge on any atom is -0.336 e. The lowest BCUT2D eigenvalue weighted by molar-refractivity contribution is 0.0627. The first-order valence-corrected chi connectivity index (χ1v) is 13.1. The SMILES string of the molecule is CN(C1CCCCC1)S(=O)(=O)c1ccc(C(=O)N2CCN(Cc3ccccc3F)CC2)cc1. The Morgan fingerprint density at radius 3 is 2.24 bits per heavy atom. The van der Waals surface area contributed by atoms with Crippen LogP contribution in [0.3, 0.4) is 0 Å². The fraction of sp³-hybridized carbons (Fsp3) is 0.480. The minimum absolute atomic E-state index is 0.0470. The second-order valence-corrected chi connectivity index (χ2v) is 11.0. The molecule has 0 bridgehead atoms. The molecule has 1 amide bonds. The largest absolute Gasteiger partial charge is 0.336 e. The Kier molecular flexibility index (Phi) is 7.46. The van der Waals surface area contributed by atoms with Crippen LogP contribution in [0.4, 0.5) is 4.39 Å². The molecule has 33 heavy (non-hydrogen) atoms. The van der Waals surface area contributed by atoms with Gasteiger partial charge < -0.3 is 4.90 Å². The van der Waals surface area contributed by atoms with Crippen molar-refractivity contribution in [1.29, 1.82) is 0 Å². The molecule has 1 heterocycles. The second-order valence-electron chi connectivity index (χ2n) is 9.00. The zero-order valence-corrected chi connectivity index (χ0v) is 19.9. The Balaban J connectivity index is 1.35. The van der Waals surface area contributed by atoms with Crippen LogP contribution < -0.4 is 0 Å². The van der Waals surface area contributed by atoms with Crippen molar-refractivity contribution in [3.8, 4) is 0 Å². The summed E-state index contributed by atoms with van der Waals surface area (Å²) in [5, 5.41) is 0. The van der Waals surface area contributed by atoms with E-state index >= 15 is 0 Å². The van der Waals surface area contributed by atoms with Crippen molar-refractivity contribution in [2.24, 2.45) is 0 Å². The van der Waals surface area contributed by atoms with E-state index in [9.17, 15) is 17.6 Å². The normalized spacial score (nSPS) is 18.6. The molecule has 1 saturated heterocycles. The quantitative estimate of drug-likeness (QED) is 0.641. The molecule has 1 aliphatic carbocycles. The van der Waals surface area contributed by atoms with E-state index in [1.54, 1.807) is 36.2 Å². The highest BCUT2D eigenvalue weighted by Gasteiger charge is 2.29. The lowest BCUT2D eigenvalue weighted by Crippen LogP contribution is -2.48. The topological polar surface area (TPSA) is 60.9 Å². The Morgan fingerprint density at radius 2 is 1.61 bits per heavy atom. The number of amides is 1. The zero-order chi connectivity index (χ0) is 23.4. The number of carbonyl (C=O) groups is 1. The van der Waals surface area contributed by atoms with Gasteiger partial charge >= 0.3 is 0 Å². The van der Waals surface area contributed by atoms with E-state index in [4.69, 9.17) is 0 Å². The van der Waals surface area contributed by atoms with E-state index in [0.29, 0.717) is 43.9 Å². The van der Waals surface area contributed by atoms with Crippen molar-refractivity contribution in [1.82, 2.24) is 14.1 Å². The Labute approximate surface area is 196 Å². The molecule has 2 aromatic carbocycles. The molecule has 0 N–H and O–H groups in total. The predicted octanol–water partition coefficient (Wildman–Crippen LogP) is 3.74. The molecule has 1 saturated carbocycles. The second kappa shape index (κ2) is 10.3. The molecule has 0 spiro atoms. The van der Waals surface area contributed by atoms with E-state index in [1.807, 2.05) is 6.07 Å². The smallest absolute Gasteiger partial charge is 0.253 e. The van der Waals surface area contributed by atoms with Crippen LogP contribution in [-0.4, -0.2) is 67.7 Å². The first-order valence-electron chi connectivity index (χ1n) is 11.7. The first-order chi connectivity index (χ1) is 15.9. The molecule has 0 radical (unpaired) electrons. The Bertz CT molecular complexity index is 1060. The lowest BCUT2D eigenvalue weighted by atomic mass is 9.96. The summed E-state index contributed by atoms with van der Waals surface area (Å²) in [6.07, 6.45) is 5.08. The van der Waals surface area contributed by atoms with Crippen molar-refractivity contribution in [2.45, 2.75) is 49.6 Å². The van der Waals surface area contributed by atoms with E-state index in [2.05, 4.69) is 4.90 Å². The zero-order valence-electron chi connectivity index (χ0n) is 19.1. The number of carbonyl (C=O) groups excluding carboxylic acids is 1. The number of nitrogens with zero attached hydrogens (tertiary/aromatic N) is 3. The van der Waals surface area contributed by atoms with Crippen molar-refractivity contribution in [3.05, 3.63) is 65.5 Å². The molecule has 1 aliphatic heterocycles. The molecule has 0 atom stereocenters. The van der Waals surface area contributed by atoms with Crippen LogP contribution in [0.1, 0.15) is 48.0 Å². The van der Waals surface area contributed by atoms with Gasteiger partial charge in [-0.05, 0) is 43.2 Å². The van der Waals surface area contributed by atoms with Gasteiger partial charge in [-0.25, -0.2) is 12.8 Å². The molecule has 8 heteroatoms. The maximum absolute atomic E-state index is 13.9. The molecule has 2 fully saturated rings. The number of hydrogen-bond donors (Lipinski definition) is 0. The number of sulfonamides is 1. The van der Waals surface area contributed by atoms with E-state index < -0.39 is 10.0 Å². The predicted molar refractivity (Wildman–Crippen MR) is 126 cm³/mol. The maximum atomic E-state index is 13.9. The van der Waals surface area contributed by atoms with Crippen molar-refractivity contribution < 1.29 is 17.6 Å². The van der Waals surface area contributed by atoms with Crippen LogP contribution in [0.25, 0.3) is 0 Å². The summed E-state index contributed by atoms with van der Waals surface area (Å²) >= 11 is 0. The molecule has 2 aliphatic rings. The van der Waals surface area contributed by atoms with Gasteiger partial charge in [0, 0.05) is 56.9 Å². The van der Waals surface area contributed by atoms with Crippen molar-refractivity contribution in [3.63, 3.8) is 0 Å². The molecule has 178 valence electrons. The average Bonchev–Trinajstić information content (AvgIpc) is 2.85. The van der Waals surface area contributed by atoms with Crippen LogP contribution in [0.15, 0.2) is 53.4 Å². The fourth-order valence-corrected chi connectivity index (χ4v) is 6.15. The van der Waals surface area contributed by atoms with Crippen LogP contribution in [0.5, 0.6) is 0 Å². The van der Waals surface area contributed by atoms with Gasteiger partial charge in [0.15, 0.2) is 0 Å². The molecule has 0 aromatic heterocycles. The molecule has 0 unspecified atom stereocenters. The maximum Gasteiger partial charge on any atom is 0.253 e. The van der Waals surface area contributed by atoms with E-state index in [1.165, 1.54) is 28.9 Å². The standard InChI is InChI=1S/C25H32FN3O3S/c1-27(22-8-3-2-4-9-22)33(31,32)23-13-11-20(12-14-23)25(30)29-17-15-28(16-18-29)19-21-7-5-6-10-24(21)26/h5-7,10-14,22H,2-4,8-9,15-19H2,1H3. The number of benzene rings is 2. The Hall–Kier alpha value is -2.29. The summed E-state index contributed by atoms with van der Waals surface area (Å²) < 4.78 is 41.4. The summed E-state index contributed by atoms with van der Waals surface area (Å²) in [6, 6.07) is 13.1. The van der Waals surface area contributed by atoms with Crippen LogP contribution >= 0.6 is 0 Å².